The minimum absolute atomic E-state index is 0.0587. The molecule has 0 aliphatic rings. The van der Waals surface area contributed by atoms with Gasteiger partial charge in [-0.25, -0.2) is 9.13 Å². The van der Waals surface area contributed by atoms with Gasteiger partial charge in [-0.1, -0.05) is 331 Å². The zero-order valence-corrected chi connectivity index (χ0v) is 68.0. The fraction of sp³-hybridized carbons (Fsp3) is 0.788. The van der Waals surface area contributed by atoms with E-state index in [4.69, 9.17) is 37.0 Å². The quantitative estimate of drug-likeness (QED) is 0.0169. The topological polar surface area (TPSA) is 237 Å². The van der Waals surface area contributed by atoms with Crippen molar-refractivity contribution >= 4 is 39.5 Å². The van der Waals surface area contributed by atoms with Gasteiger partial charge in [0.05, 0.1) is 26.4 Å². The minimum Gasteiger partial charge on any atom is -0.462 e. The summed E-state index contributed by atoms with van der Waals surface area (Å²) in [5, 5.41) is 10.7. The molecule has 104 heavy (non-hydrogen) atoms. The third-order valence-corrected chi connectivity index (χ3v) is 19.8. The Morgan fingerprint density at radius 1 is 0.279 bits per heavy atom. The van der Waals surface area contributed by atoms with Crippen LogP contribution in [0.5, 0.6) is 0 Å². The molecular weight excluding hydrogens is 1350 g/mol. The van der Waals surface area contributed by atoms with Crippen molar-refractivity contribution in [1.82, 2.24) is 0 Å². The summed E-state index contributed by atoms with van der Waals surface area (Å²) < 4.78 is 68.7. The first-order valence-electron chi connectivity index (χ1n) is 41.8. The number of unbranched alkanes of at least 4 members (excludes halogenated alkanes) is 39. The molecule has 0 aliphatic carbocycles. The number of ether oxygens (including phenoxy) is 4. The molecule has 5 atom stereocenters. The van der Waals surface area contributed by atoms with E-state index in [1.54, 1.807) is 0 Å². The maximum Gasteiger partial charge on any atom is 0.472 e. The summed E-state index contributed by atoms with van der Waals surface area (Å²) in [5.74, 6) is -2.19. The fourth-order valence-corrected chi connectivity index (χ4v) is 13.1. The van der Waals surface area contributed by atoms with E-state index in [-0.39, 0.29) is 25.7 Å². The summed E-state index contributed by atoms with van der Waals surface area (Å²) in [6.07, 6.45) is 81.2. The van der Waals surface area contributed by atoms with Gasteiger partial charge in [-0.2, -0.15) is 0 Å². The monoisotopic (exact) mass is 1510 g/mol. The lowest BCUT2D eigenvalue weighted by atomic mass is 10.0. The van der Waals surface area contributed by atoms with Crippen molar-refractivity contribution in [2.24, 2.45) is 0 Å². The fourth-order valence-electron chi connectivity index (χ4n) is 11.5. The number of esters is 4. The zero-order chi connectivity index (χ0) is 76.0. The van der Waals surface area contributed by atoms with Gasteiger partial charge in [-0.05, 0) is 103 Å². The maximum atomic E-state index is 13.1. The SMILES string of the molecule is CC/C=C\C/C=C\C/C=C\C/C=C\C/C=C\CCCCCC(=O)O[C@H](COC(=O)CCCCCCCCCCCCCCCCC)COP(=O)(O)OC[C@H](O)COP(=O)(O)OC[C@@H](COC(=O)CCCCCCC/C=C\C/C=C\CCCCC)OC(=O)CCCCCCCCCCCCCCCCC. The molecule has 0 amide bonds. The number of hydrogen-bond donors (Lipinski definition) is 3. The van der Waals surface area contributed by atoms with E-state index in [1.807, 2.05) is 0 Å². The molecule has 0 bridgehead atoms. The molecule has 0 saturated heterocycles. The molecule has 2 unspecified atom stereocenters. The van der Waals surface area contributed by atoms with Crippen LogP contribution in [0.1, 0.15) is 374 Å². The summed E-state index contributed by atoms with van der Waals surface area (Å²) >= 11 is 0. The lowest BCUT2D eigenvalue weighted by molar-refractivity contribution is -0.161. The van der Waals surface area contributed by atoms with Crippen LogP contribution in [0, 0.1) is 0 Å². The molecule has 0 saturated carbocycles. The molecule has 0 aromatic carbocycles. The average molecular weight is 1510 g/mol. The van der Waals surface area contributed by atoms with Gasteiger partial charge in [0.2, 0.25) is 0 Å². The molecule has 604 valence electrons. The number of aliphatic hydroxyl groups excluding tert-OH is 1. The smallest absolute Gasteiger partial charge is 0.462 e. The van der Waals surface area contributed by atoms with Gasteiger partial charge in [0.15, 0.2) is 12.2 Å². The van der Waals surface area contributed by atoms with Gasteiger partial charge in [-0.15, -0.1) is 0 Å². The third-order valence-electron chi connectivity index (χ3n) is 17.9. The Kier molecular flexibility index (Phi) is 74.6. The maximum absolute atomic E-state index is 13.1. The zero-order valence-electron chi connectivity index (χ0n) is 66.2. The molecule has 0 heterocycles. The Morgan fingerprint density at radius 2 is 0.500 bits per heavy atom. The van der Waals surface area contributed by atoms with Crippen molar-refractivity contribution in [2.45, 2.75) is 393 Å². The van der Waals surface area contributed by atoms with Crippen LogP contribution in [0.3, 0.4) is 0 Å². The molecule has 0 fully saturated rings. The van der Waals surface area contributed by atoms with Gasteiger partial charge < -0.3 is 33.8 Å². The standard InChI is InChI=1S/C85H152O17P2/c1-5-9-13-17-21-25-29-33-37-38-39-40-44-48-52-56-60-64-68-72-85(90)102-81(76-96-83(88)70-66-62-58-54-50-46-42-35-31-27-23-19-15-11-7-3)78-100-104(93,94)98-74-79(86)73-97-103(91,92)99-77-80(101-84(89)71-67-63-59-55-51-47-43-36-32-28-24-20-16-12-8-4)75-95-82(87)69-65-61-57-53-49-45-41-34-30-26-22-18-14-10-6-2/h9,13,21-22,25-26,33-34,37,39-41,48,52,79-81,86H,5-8,10-12,14-20,23-24,27-32,35-36,38,42-47,49-51,53-78H2,1-4H3,(H,91,92)(H,93,94)/b13-9-,25-21-,26-22-,37-33-,40-39-,41-34-,52-48-/t79-,80-,81-/m1/s1. The predicted octanol–water partition coefficient (Wildman–Crippen LogP) is 24.6. The summed E-state index contributed by atoms with van der Waals surface area (Å²) in [7, 11) is -9.96. The summed E-state index contributed by atoms with van der Waals surface area (Å²) in [6, 6.07) is 0. The summed E-state index contributed by atoms with van der Waals surface area (Å²) in [5.41, 5.74) is 0. The van der Waals surface area contributed by atoms with E-state index in [1.165, 1.54) is 154 Å². The van der Waals surface area contributed by atoms with Gasteiger partial charge in [0.1, 0.15) is 19.3 Å². The molecule has 0 aromatic heterocycles. The van der Waals surface area contributed by atoms with E-state index < -0.39 is 97.5 Å². The number of rotatable bonds is 79. The van der Waals surface area contributed by atoms with E-state index >= 15 is 0 Å². The molecular formula is C85H152O17P2. The Morgan fingerprint density at radius 3 is 0.798 bits per heavy atom. The first kappa shape index (κ1) is 100. The Bertz CT molecular complexity index is 2300. The molecule has 0 aromatic rings. The highest BCUT2D eigenvalue weighted by molar-refractivity contribution is 7.47. The molecule has 0 radical (unpaired) electrons. The van der Waals surface area contributed by atoms with Crippen molar-refractivity contribution in [3.05, 3.63) is 85.1 Å². The number of phosphoric acid groups is 2. The Hall–Kier alpha value is -3.76. The second-order valence-corrected chi connectivity index (χ2v) is 31.0. The molecule has 19 heteroatoms. The van der Waals surface area contributed by atoms with Crippen molar-refractivity contribution in [2.75, 3.05) is 39.6 Å². The van der Waals surface area contributed by atoms with Crippen molar-refractivity contribution in [3.8, 4) is 0 Å². The first-order valence-corrected chi connectivity index (χ1v) is 44.8. The van der Waals surface area contributed by atoms with Crippen LogP contribution < -0.4 is 0 Å². The van der Waals surface area contributed by atoms with Crippen LogP contribution in [0.4, 0.5) is 0 Å². The normalized spacial score (nSPS) is 14.3. The van der Waals surface area contributed by atoms with Crippen molar-refractivity contribution in [3.63, 3.8) is 0 Å². The van der Waals surface area contributed by atoms with Crippen LogP contribution >= 0.6 is 15.6 Å². The number of aliphatic hydroxyl groups is 1. The predicted molar refractivity (Wildman–Crippen MR) is 427 cm³/mol. The second kappa shape index (κ2) is 77.4. The van der Waals surface area contributed by atoms with Crippen LogP contribution in [0.25, 0.3) is 0 Å². The molecule has 3 N–H and O–H groups in total. The molecule has 0 spiro atoms. The van der Waals surface area contributed by atoms with Crippen molar-refractivity contribution < 1.29 is 80.2 Å². The first-order chi connectivity index (χ1) is 50.7. The third kappa shape index (κ3) is 76.4. The van der Waals surface area contributed by atoms with E-state index in [9.17, 15) is 43.2 Å². The largest absolute Gasteiger partial charge is 0.472 e. The summed E-state index contributed by atoms with van der Waals surface area (Å²) in [6.45, 7) is 4.77. The van der Waals surface area contributed by atoms with Crippen LogP contribution in [0.2, 0.25) is 0 Å². The molecule has 0 rings (SSSR count). The number of carbonyl (C=O) groups is 4. The highest BCUT2D eigenvalue weighted by Crippen LogP contribution is 2.45. The number of carbonyl (C=O) groups excluding carboxylic acids is 4. The Balaban J connectivity index is 5.38. The highest BCUT2D eigenvalue weighted by Gasteiger charge is 2.30. The lowest BCUT2D eigenvalue weighted by Gasteiger charge is -2.21. The number of allylic oxidation sites excluding steroid dienone is 14. The average Bonchev–Trinajstić information content (AvgIpc) is 0.943. The van der Waals surface area contributed by atoms with Crippen molar-refractivity contribution in [1.29, 1.82) is 0 Å². The van der Waals surface area contributed by atoms with E-state index in [2.05, 4.69) is 113 Å². The van der Waals surface area contributed by atoms with E-state index in [0.29, 0.717) is 25.7 Å². The number of hydrogen-bond acceptors (Lipinski definition) is 15. The van der Waals surface area contributed by atoms with Crippen LogP contribution in [-0.2, 0) is 65.4 Å². The van der Waals surface area contributed by atoms with Crippen LogP contribution in [0.15, 0.2) is 85.1 Å². The molecule has 0 aliphatic heterocycles. The second-order valence-electron chi connectivity index (χ2n) is 28.1. The molecule has 17 nitrogen and oxygen atoms in total. The minimum atomic E-state index is -4.98. The van der Waals surface area contributed by atoms with Gasteiger partial charge >= 0.3 is 39.5 Å². The van der Waals surface area contributed by atoms with Gasteiger partial charge in [0.25, 0.3) is 0 Å². The van der Waals surface area contributed by atoms with Gasteiger partial charge in [-0.3, -0.25) is 37.3 Å². The van der Waals surface area contributed by atoms with Gasteiger partial charge in [0, 0.05) is 25.7 Å². The van der Waals surface area contributed by atoms with Crippen LogP contribution in [-0.4, -0.2) is 96.7 Å². The highest BCUT2D eigenvalue weighted by atomic mass is 31.2. The summed E-state index contributed by atoms with van der Waals surface area (Å²) in [4.78, 5) is 73.1. The lowest BCUT2D eigenvalue weighted by Crippen LogP contribution is -2.30. The van der Waals surface area contributed by atoms with E-state index in [0.717, 1.165) is 141 Å². The Labute approximate surface area is 634 Å². The number of phosphoric ester groups is 2.